The number of hydrogen-bond acceptors (Lipinski definition) is 2. The van der Waals surface area contributed by atoms with Crippen LogP contribution < -0.4 is 0 Å². The van der Waals surface area contributed by atoms with Crippen molar-refractivity contribution >= 4 is 5.97 Å². The van der Waals surface area contributed by atoms with Gasteiger partial charge >= 0.3 is 5.97 Å². The minimum Gasteiger partial charge on any atom is -0.465 e. The van der Waals surface area contributed by atoms with E-state index in [0.29, 0.717) is 18.9 Å². The molecular formula is C11H20O2. The van der Waals surface area contributed by atoms with E-state index in [9.17, 15) is 4.79 Å². The Hall–Kier alpha value is -0.530. The van der Waals surface area contributed by atoms with Gasteiger partial charge in [0.1, 0.15) is 0 Å². The van der Waals surface area contributed by atoms with Crippen molar-refractivity contribution in [2.45, 2.75) is 51.9 Å². The van der Waals surface area contributed by atoms with Gasteiger partial charge in [0.15, 0.2) is 0 Å². The predicted octanol–water partition coefficient (Wildman–Crippen LogP) is 2.91. The Morgan fingerprint density at radius 3 is 2.69 bits per heavy atom. The highest BCUT2D eigenvalue weighted by atomic mass is 16.5. The van der Waals surface area contributed by atoms with Crippen molar-refractivity contribution in [2.75, 3.05) is 6.61 Å². The van der Waals surface area contributed by atoms with E-state index in [1.54, 1.807) is 0 Å². The zero-order valence-electron chi connectivity index (χ0n) is 8.55. The van der Waals surface area contributed by atoms with Gasteiger partial charge in [-0.1, -0.05) is 39.0 Å². The summed E-state index contributed by atoms with van der Waals surface area (Å²) < 4.78 is 4.90. The van der Waals surface area contributed by atoms with Crippen LogP contribution in [0.3, 0.4) is 0 Å². The van der Waals surface area contributed by atoms with Gasteiger partial charge in [0.2, 0.25) is 0 Å². The van der Waals surface area contributed by atoms with Crippen LogP contribution in [0, 0.1) is 5.92 Å². The molecule has 0 bridgehead atoms. The van der Waals surface area contributed by atoms with Crippen molar-refractivity contribution in [3.63, 3.8) is 0 Å². The molecule has 0 aromatic carbocycles. The first-order valence-corrected chi connectivity index (χ1v) is 5.48. The van der Waals surface area contributed by atoms with Gasteiger partial charge in [-0.3, -0.25) is 4.79 Å². The van der Waals surface area contributed by atoms with Crippen molar-refractivity contribution in [3.8, 4) is 0 Å². The summed E-state index contributed by atoms with van der Waals surface area (Å²) in [4.78, 5) is 10.8. The molecule has 0 radical (unpaired) electrons. The standard InChI is InChI=1S/C11H20O2/c1-2-3-4-5-6-7-10-8-11(12)13-9-10/h10H,2-9H2,1H3/t10-/m1/s1. The lowest BCUT2D eigenvalue weighted by Crippen LogP contribution is -1.98. The summed E-state index contributed by atoms with van der Waals surface area (Å²) in [5, 5.41) is 0. The summed E-state index contributed by atoms with van der Waals surface area (Å²) in [6, 6.07) is 0. The molecule has 1 saturated heterocycles. The second kappa shape index (κ2) is 6.01. The monoisotopic (exact) mass is 184 g/mol. The highest BCUT2D eigenvalue weighted by Gasteiger charge is 2.22. The highest BCUT2D eigenvalue weighted by Crippen LogP contribution is 2.20. The zero-order chi connectivity index (χ0) is 9.52. The van der Waals surface area contributed by atoms with Crippen LogP contribution in [0.5, 0.6) is 0 Å². The van der Waals surface area contributed by atoms with Gasteiger partial charge in [0.25, 0.3) is 0 Å². The van der Waals surface area contributed by atoms with Crippen molar-refractivity contribution in [3.05, 3.63) is 0 Å². The maximum Gasteiger partial charge on any atom is 0.306 e. The van der Waals surface area contributed by atoms with Crippen LogP contribution in [0.4, 0.5) is 0 Å². The predicted molar refractivity (Wildman–Crippen MR) is 52.4 cm³/mol. The number of carbonyl (C=O) groups excluding carboxylic acids is 1. The quantitative estimate of drug-likeness (QED) is 0.468. The summed E-state index contributed by atoms with van der Waals surface area (Å²) in [5.41, 5.74) is 0. The van der Waals surface area contributed by atoms with E-state index in [1.807, 2.05) is 0 Å². The average molecular weight is 184 g/mol. The van der Waals surface area contributed by atoms with E-state index < -0.39 is 0 Å². The summed E-state index contributed by atoms with van der Waals surface area (Å²) in [6.07, 6.45) is 8.41. The second-order valence-corrected chi connectivity index (χ2v) is 3.96. The van der Waals surface area contributed by atoms with Crippen LogP contribution >= 0.6 is 0 Å². The minimum atomic E-state index is -0.00134. The number of carbonyl (C=O) groups is 1. The van der Waals surface area contributed by atoms with Gasteiger partial charge in [-0.25, -0.2) is 0 Å². The molecule has 0 aliphatic carbocycles. The van der Waals surface area contributed by atoms with Crippen LogP contribution in [-0.2, 0) is 9.53 Å². The third-order valence-corrected chi connectivity index (χ3v) is 2.65. The van der Waals surface area contributed by atoms with Crippen LogP contribution in [0.1, 0.15) is 51.9 Å². The Kier molecular flexibility index (Phi) is 4.87. The Balaban J connectivity index is 1.91. The lowest BCUT2D eigenvalue weighted by molar-refractivity contribution is -0.137. The second-order valence-electron chi connectivity index (χ2n) is 3.96. The molecule has 1 aliphatic heterocycles. The molecule has 1 aliphatic rings. The Labute approximate surface area is 80.7 Å². The van der Waals surface area contributed by atoms with E-state index in [4.69, 9.17) is 4.74 Å². The molecule has 1 heterocycles. The Morgan fingerprint density at radius 1 is 1.31 bits per heavy atom. The number of cyclic esters (lactones) is 1. The molecule has 76 valence electrons. The molecule has 1 atom stereocenters. The highest BCUT2D eigenvalue weighted by molar-refractivity contribution is 5.71. The molecule has 1 rings (SSSR count). The smallest absolute Gasteiger partial charge is 0.306 e. The fourth-order valence-electron chi connectivity index (χ4n) is 1.79. The number of rotatable bonds is 6. The van der Waals surface area contributed by atoms with Crippen LogP contribution in [0.2, 0.25) is 0 Å². The van der Waals surface area contributed by atoms with Crippen LogP contribution in [0.25, 0.3) is 0 Å². The van der Waals surface area contributed by atoms with Crippen LogP contribution in [0.15, 0.2) is 0 Å². The van der Waals surface area contributed by atoms with Gasteiger partial charge in [0.05, 0.1) is 13.0 Å². The number of ether oxygens (including phenoxy) is 1. The third-order valence-electron chi connectivity index (χ3n) is 2.65. The van der Waals surface area contributed by atoms with E-state index in [2.05, 4.69) is 6.92 Å². The number of hydrogen-bond donors (Lipinski definition) is 0. The van der Waals surface area contributed by atoms with E-state index >= 15 is 0 Å². The minimum absolute atomic E-state index is 0.00134. The van der Waals surface area contributed by atoms with Gasteiger partial charge in [-0.15, -0.1) is 0 Å². The number of esters is 1. The summed E-state index contributed by atoms with van der Waals surface area (Å²) >= 11 is 0. The van der Waals surface area contributed by atoms with E-state index in [1.165, 1.54) is 38.5 Å². The first-order chi connectivity index (χ1) is 6.33. The maximum atomic E-state index is 10.8. The fraction of sp³-hybridized carbons (Fsp3) is 0.909. The zero-order valence-corrected chi connectivity index (χ0v) is 8.55. The summed E-state index contributed by atoms with van der Waals surface area (Å²) in [5.74, 6) is 0.521. The summed E-state index contributed by atoms with van der Waals surface area (Å²) in [7, 11) is 0. The molecule has 2 nitrogen and oxygen atoms in total. The molecular weight excluding hydrogens is 164 g/mol. The van der Waals surface area contributed by atoms with Gasteiger partial charge in [0, 0.05) is 5.92 Å². The fourth-order valence-corrected chi connectivity index (χ4v) is 1.79. The largest absolute Gasteiger partial charge is 0.465 e. The Morgan fingerprint density at radius 2 is 2.08 bits per heavy atom. The lowest BCUT2D eigenvalue weighted by atomic mass is 10.00. The molecule has 0 amide bonds. The van der Waals surface area contributed by atoms with Gasteiger partial charge in [-0.2, -0.15) is 0 Å². The van der Waals surface area contributed by atoms with Crippen molar-refractivity contribution < 1.29 is 9.53 Å². The first kappa shape index (κ1) is 10.6. The average Bonchev–Trinajstić information content (AvgIpc) is 2.51. The van der Waals surface area contributed by atoms with Crippen molar-refractivity contribution in [1.82, 2.24) is 0 Å². The van der Waals surface area contributed by atoms with Gasteiger partial charge in [-0.05, 0) is 6.42 Å². The molecule has 0 aromatic rings. The van der Waals surface area contributed by atoms with Crippen molar-refractivity contribution in [2.24, 2.45) is 5.92 Å². The van der Waals surface area contributed by atoms with Crippen molar-refractivity contribution in [1.29, 1.82) is 0 Å². The molecule has 13 heavy (non-hydrogen) atoms. The third kappa shape index (κ3) is 4.30. The Bertz CT molecular complexity index is 154. The molecule has 0 N–H and O–H groups in total. The first-order valence-electron chi connectivity index (χ1n) is 5.48. The molecule has 2 heteroatoms. The van der Waals surface area contributed by atoms with Gasteiger partial charge < -0.3 is 4.74 Å². The lowest BCUT2D eigenvalue weighted by Gasteiger charge is -2.04. The van der Waals surface area contributed by atoms with Crippen LogP contribution in [-0.4, -0.2) is 12.6 Å². The SMILES string of the molecule is CCCCCCC[C@H]1COC(=O)C1. The normalized spacial score (nSPS) is 21.9. The topological polar surface area (TPSA) is 26.3 Å². The number of unbranched alkanes of at least 4 members (excludes halogenated alkanes) is 4. The molecule has 0 aromatic heterocycles. The van der Waals surface area contributed by atoms with E-state index in [0.717, 1.165) is 0 Å². The molecule has 0 spiro atoms. The molecule has 1 fully saturated rings. The molecule has 0 unspecified atom stereocenters. The molecule has 0 saturated carbocycles. The summed E-state index contributed by atoms with van der Waals surface area (Å²) in [6.45, 7) is 2.90. The van der Waals surface area contributed by atoms with E-state index in [-0.39, 0.29) is 5.97 Å². The maximum absolute atomic E-state index is 10.8.